The van der Waals surface area contributed by atoms with Crippen LogP contribution in [-0.2, 0) is 5.41 Å². The third-order valence-electron chi connectivity index (χ3n) is 4.84. The molecular formula is C23H21NO2S. The number of benzene rings is 2. The molecule has 0 aliphatic heterocycles. The van der Waals surface area contributed by atoms with E-state index in [2.05, 4.69) is 50.0 Å². The van der Waals surface area contributed by atoms with Crippen LogP contribution in [0, 0.1) is 0 Å². The Labute approximate surface area is 162 Å². The smallest absolute Gasteiger partial charge is 0.260 e. The summed E-state index contributed by atoms with van der Waals surface area (Å²) in [5.74, 6) is 0.0381. The second kappa shape index (κ2) is 6.39. The minimum absolute atomic E-state index is 0.0381. The lowest BCUT2D eigenvalue weighted by Crippen LogP contribution is -2.10. The number of fused-ring (bicyclic) bond motifs is 1. The lowest BCUT2D eigenvalue weighted by atomic mass is 9.86. The standard InChI is InChI=1S/C23H21NO2S/c1-23(2,3)16-11-9-14(10-12-16)17-13-27-22-19(17)20(25)18(21(26)24-22)15-7-5-4-6-8-15/h4-13H,1-3H3,(H2,24,25,26). The number of aromatic hydroxyl groups is 1. The first-order valence-electron chi connectivity index (χ1n) is 8.89. The van der Waals surface area contributed by atoms with E-state index in [9.17, 15) is 9.90 Å². The van der Waals surface area contributed by atoms with Gasteiger partial charge in [-0.2, -0.15) is 0 Å². The molecule has 0 radical (unpaired) electrons. The summed E-state index contributed by atoms with van der Waals surface area (Å²) < 4.78 is 0. The molecule has 4 heteroatoms. The summed E-state index contributed by atoms with van der Waals surface area (Å²) in [6.45, 7) is 6.56. The zero-order chi connectivity index (χ0) is 19.2. The fourth-order valence-electron chi connectivity index (χ4n) is 3.32. The van der Waals surface area contributed by atoms with E-state index in [4.69, 9.17) is 0 Å². The van der Waals surface area contributed by atoms with E-state index in [1.165, 1.54) is 16.9 Å². The van der Waals surface area contributed by atoms with Gasteiger partial charge in [-0.3, -0.25) is 4.79 Å². The summed E-state index contributed by atoms with van der Waals surface area (Å²) in [6.07, 6.45) is 0. The molecule has 2 aromatic carbocycles. The van der Waals surface area contributed by atoms with Gasteiger partial charge in [-0.05, 0) is 22.1 Å². The van der Waals surface area contributed by atoms with Gasteiger partial charge in [-0.15, -0.1) is 11.3 Å². The van der Waals surface area contributed by atoms with Crippen LogP contribution in [0.15, 0.2) is 64.8 Å². The van der Waals surface area contributed by atoms with Crippen molar-refractivity contribution >= 4 is 21.6 Å². The number of thiophene rings is 1. The number of nitrogens with one attached hydrogen (secondary N) is 1. The molecule has 27 heavy (non-hydrogen) atoms. The van der Waals surface area contributed by atoms with Crippen molar-refractivity contribution in [2.45, 2.75) is 26.2 Å². The summed E-state index contributed by atoms with van der Waals surface area (Å²) in [4.78, 5) is 16.2. The number of aromatic amines is 1. The van der Waals surface area contributed by atoms with Crippen LogP contribution in [0.4, 0.5) is 0 Å². The molecule has 0 atom stereocenters. The number of rotatable bonds is 2. The van der Waals surface area contributed by atoms with Crippen molar-refractivity contribution in [1.29, 1.82) is 0 Å². The summed E-state index contributed by atoms with van der Waals surface area (Å²) in [5, 5.41) is 13.7. The van der Waals surface area contributed by atoms with E-state index in [1.54, 1.807) is 0 Å². The molecule has 4 aromatic rings. The molecule has 4 rings (SSSR count). The largest absolute Gasteiger partial charge is 0.506 e. The molecule has 0 unspecified atom stereocenters. The van der Waals surface area contributed by atoms with Gasteiger partial charge < -0.3 is 10.1 Å². The molecule has 136 valence electrons. The highest BCUT2D eigenvalue weighted by molar-refractivity contribution is 7.17. The summed E-state index contributed by atoms with van der Waals surface area (Å²) in [5.41, 5.74) is 4.05. The molecule has 0 aliphatic carbocycles. The number of pyridine rings is 1. The van der Waals surface area contributed by atoms with Crippen LogP contribution in [0.5, 0.6) is 5.75 Å². The van der Waals surface area contributed by atoms with Gasteiger partial charge in [0.05, 0.1) is 10.9 Å². The molecule has 0 saturated carbocycles. The second-order valence-electron chi connectivity index (χ2n) is 7.72. The van der Waals surface area contributed by atoms with Crippen molar-refractivity contribution in [3.05, 3.63) is 75.9 Å². The van der Waals surface area contributed by atoms with E-state index in [1.807, 2.05) is 35.7 Å². The number of hydrogen-bond acceptors (Lipinski definition) is 3. The molecule has 0 fully saturated rings. The van der Waals surface area contributed by atoms with Crippen molar-refractivity contribution in [2.24, 2.45) is 0 Å². The maximum Gasteiger partial charge on any atom is 0.260 e. The van der Waals surface area contributed by atoms with Crippen LogP contribution < -0.4 is 5.56 Å². The van der Waals surface area contributed by atoms with Crippen LogP contribution in [-0.4, -0.2) is 10.1 Å². The molecule has 0 aliphatic rings. The Morgan fingerprint density at radius 1 is 0.926 bits per heavy atom. The third-order valence-corrected chi connectivity index (χ3v) is 5.74. The van der Waals surface area contributed by atoms with Gasteiger partial charge in [0.15, 0.2) is 0 Å². The predicted octanol–water partition coefficient (Wildman–Crippen LogP) is 5.93. The van der Waals surface area contributed by atoms with Crippen molar-refractivity contribution in [3.63, 3.8) is 0 Å². The minimum atomic E-state index is -0.275. The molecule has 2 heterocycles. The van der Waals surface area contributed by atoms with Crippen LogP contribution in [0.2, 0.25) is 0 Å². The summed E-state index contributed by atoms with van der Waals surface area (Å²) >= 11 is 1.44. The molecule has 0 bridgehead atoms. The van der Waals surface area contributed by atoms with Crippen LogP contribution >= 0.6 is 11.3 Å². The number of H-pyrrole nitrogens is 1. The Balaban J connectivity index is 1.92. The average molecular weight is 375 g/mol. The van der Waals surface area contributed by atoms with E-state index >= 15 is 0 Å². The number of aromatic nitrogens is 1. The van der Waals surface area contributed by atoms with Crippen LogP contribution in [0.1, 0.15) is 26.3 Å². The maximum atomic E-state index is 12.5. The monoisotopic (exact) mass is 375 g/mol. The highest BCUT2D eigenvalue weighted by Crippen LogP contribution is 2.41. The van der Waals surface area contributed by atoms with Crippen molar-refractivity contribution in [2.75, 3.05) is 0 Å². The Morgan fingerprint density at radius 3 is 2.22 bits per heavy atom. The lowest BCUT2D eigenvalue weighted by molar-refractivity contribution is 0.483. The van der Waals surface area contributed by atoms with Crippen molar-refractivity contribution in [1.82, 2.24) is 4.98 Å². The first-order chi connectivity index (χ1) is 12.9. The number of hydrogen-bond donors (Lipinski definition) is 2. The van der Waals surface area contributed by atoms with E-state index in [0.29, 0.717) is 21.3 Å². The molecule has 0 spiro atoms. The van der Waals surface area contributed by atoms with Gasteiger partial charge >= 0.3 is 0 Å². The third kappa shape index (κ3) is 3.06. The molecule has 0 saturated heterocycles. The van der Waals surface area contributed by atoms with Crippen LogP contribution in [0.3, 0.4) is 0 Å². The first-order valence-corrected chi connectivity index (χ1v) is 9.77. The Bertz CT molecular complexity index is 1160. The Kier molecular flexibility index (Phi) is 4.16. The summed E-state index contributed by atoms with van der Waals surface area (Å²) in [6, 6.07) is 17.7. The fraction of sp³-hybridized carbons (Fsp3) is 0.174. The molecule has 2 aromatic heterocycles. The minimum Gasteiger partial charge on any atom is -0.506 e. The Morgan fingerprint density at radius 2 is 1.59 bits per heavy atom. The topological polar surface area (TPSA) is 53.1 Å². The van der Waals surface area contributed by atoms with Crippen LogP contribution in [0.25, 0.3) is 32.5 Å². The van der Waals surface area contributed by atoms with Crippen molar-refractivity contribution in [3.8, 4) is 28.0 Å². The zero-order valence-electron chi connectivity index (χ0n) is 15.5. The summed E-state index contributed by atoms with van der Waals surface area (Å²) in [7, 11) is 0. The normalized spacial score (nSPS) is 11.8. The first kappa shape index (κ1) is 17.6. The highest BCUT2D eigenvalue weighted by Gasteiger charge is 2.19. The van der Waals surface area contributed by atoms with Gasteiger partial charge in [0.1, 0.15) is 10.6 Å². The quantitative estimate of drug-likeness (QED) is 0.456. The van der Waals surface area contributed by atoms with E-state index < -0.39 is 0 Å². The lowest BCUT2D eigenvalue weighted by Gasteiger charge is -2.19. The maximum absolute atomic E-state index is 12.5. The van der Waals surface area contributed by atoms with Gasteiger partial charge in [-0.1, -0.05) is 75.4 Å². The average Bonchev–Trinajstić information content (AvgIpc) is 3.06. The van der Waals surface area contributed by atoms with Gasteiger partial charge in [0.2, 0.25) is 0 Å². The SMILES string of the molecule is CC(C)(C)c1ccc(-c2csc3[nH]c(=O)c(-c4ccccc4)c(O)c23)cc1. The molecule has 2 N–H and O–H groups in total. The zero-order valence-corrected chi connectivity index (χ0v) is 16.4. The van der Waals surface area contributed by atoms with Gasteiger partial charge in [0.25, 0.3) is 5.56 Å². The van der Waals surface area contributed by atoms with Gasteiger partial charge in [-0.25, -0.2) is 0 Å². The second-order valence-corrected chi connectivity index (χ2v) is 8.60. The molecule has 0 amide bonds. The molecule has 3 nitrogen and oxygen atoms in total. The molecular weight excluding hydrogens is 354 g/mol. The highest BCUT2D eigenvalue weighted by atomic mass is 32.1. The van der Waals surface area contributed by atoms with E-state index in [-0.39, 0.29) is 16.7 Å². The van der Waals surface area contributed by atoms with E-state index in [0.717, 1.165) is 11.1 Å². The van der Waals surface area contributed by atoms with Crippen molar-refractivity contribution < 1.29 is 5.11 Å². The van der Waals surface area contributed by atoms with Gasteiger partial charge in [0, 0.05) is 10.9 Å². The Hall–Kier alpha value is -2.85. The fourth-order valence-corrected chi connectivity index (χ4v) is 4.28. The predicted molar refractivity (Wildman–Crippen MR) is 114 cm³/mol.